The molecule has 0 aromatic heterocycles. The molecular weight excluding hydrogens is 454 g/mol. The Bertz CT molecular complexity index is 1280. The molecule has 2 N–H and O–H groups in total. The Morgan fingerprint density at radius 2 is 1.76 bits per heavy atom. The number of anilines is 1. The molecule has 0 radical (unpaired) electrons. The van der Waals surface area contributed by atoms with E-state index in [1.165, 1.54) is 0 Å². The van der Waals surface area contributed by atoms with Crippen molar-refractivity contribution in [3.63, 3.8) is 0 Å². The number of nitrogens with one attached hydrogen (secondary N) is 2. The van der Waals surface area contributed by atoms with E-state index in [0.29, 0.717) is 28.6 Å². The minimum absolute atomic E-state index is 0.369. The van der Waals surface area contributed by atoms with Gasteiger partial charge >= 0.3 is 6.03 Å². The average Bonchev–Trinajstić information content (AvgIpc) is 3.06. The van der Waals surface area contributed by atoms with Gasteiger partial charge in [-0.05, 0) is 66.8 Å². The third-order valence-electron chi connectivity index (χ3n) is 6.16. The van der Waals surface area contributed by atoms with Gasteiger partial charge in [-0.25, -0.2) is 4.79 Å². The second-order valence-electron chi connectivity index (χ2n) is 8.34. The number of nitrogens with zero attached hydrogens (tertiary/aromatic N) is 1. The number of fused-ring (bicyclic) bond motifs is 2. The van der Waals surface area contributed by atoms with E-state index < -0.39 is 17.5 Å². The van der Waals surface area contributed by atoms with Crippen LogP contribution in [0.5, 0.6) is 11.5 Å². The number of imide groups is 1. The first-order chi connectivity index (χ1) is 16.5. The number of hydrogen-bond donors (Lipinski definition) is 2. The Morgan fingerprint density at radius 1 is 1.03 bits per heavy atom. The third kappa shape index (κ3) is 3.99. The van der Waals surface area contributed by atoms with Gasteiger partial charge in [0.2, 0.25) is 5.91 Å². The van der Waals surface area contributed by atoms with Crippen LogP contribution in [0.25, 0.3) is 0 Å². The normalized spacial score (nSPS) is 19.0. The molecule has 2 aliphatic rings. The summed E-state index contributed by atoms with van der Waals surface area (Å²) in [6.07, 6.45) is 2.16. The van der Waals surface area contributed by atoms with E-state index >= 15 is 0 Å². The molecule has 8 heteroatoms. The summed E-state index contributed by atoms with van der Waals surface area (Å²) in [4.78, 5) is 39.7. The van der Waals surface area contributed by atoms with E-state index in [2.05, 4.69) is 10.6 Å². The Morgan fingerprint density at radius 3 is 2.56 bits per heavy atom. The maximum Gasteiger partial charge on any atom is 0.325 e. The van der Waals surface area contributed by atoms with E-state index in [1.54, 1.807) is 36.4 Å². The van der Waals surface area contributed by atoms with Crippen LogP contribution in [0.15, 0.2) is 72.8 Å². The molecule has 3 aromatic carbocycles. The summed E-state index contributed by atoms with van der Waals surface area (Å²) in [5.41, 5.74) is 1.29. The SMILES string of the molecule is O=C(CN1C(=O)NC2(CCCc3ccccc32)C1=O)Nc1ccc(Oc2ccccc2Cl)cc1. The van der Waals surface area contributed by atoms with Crippen LogP contribution in [-0.2, 0) is 21.5 Å². The van der Waals surface area contributed by atoms with Crippen LogP contribution in [0, 0.1) is 0 Å². The third-order valence-corrected chi connectivity index (χ3v) is 6.47. The molecule has 4 amide bonds. The fraction of sp³-hybridized carbons (Fsp3) is 0.192. The van der Waals surface area contributed by atoms with E-state index in [9.17, 15) is 14.4 Å². The van der Waals surface area contributed by atoms with Crippen molar-refractivity contribution in [3.8, 4) is 11.5 Å². The van der Waals surface area contributed by atoms with Gasteiger partial charge in [-0.1, -0.05) is 48.0 Å². The van der Waals surface area contributed by atoms with Gasteiger partial charge in [-0.3, -0.25) is 14.5 Å². The van der Waals surface area contributed by atoms with Crippen molar-refractivity contribution < 1.29 is 19.1 Å². The monoisotopic (exact) mass is 475 g/mol. The summed E-state index contributed by atoms with van der Waals surface area (Å²) in [6.45, 7) is -0.369. The lowest BCUT2D eigenvalue weighted by Gasteiger charge is -2.33. The van der Waals surface area contributed by atoms with Gasteiger partial charge < -0.3 is 15.4 Å². The molecule has 1 aliphatic carbocycles. The number of rotatable bonds is 5. The first-order valence-electron chi connectivity index (χ1n) is 11.0. The maximum atomic E-state index is 13.3. The second kappa shape index (κ2) is 8.83. The molecule has 3 aromatic rings. The van der Waals surface area contributed by atoms with Crippen molar-refractivity contribution in [2.75, 3.05) is 11.9 Å². The number of hydrogen-bond acceptors (Lipinski definition) is 4. The number of carbonyl (C=O) groups excluding carboxylic acids is 3. The van der Waals surface area contributed by atoms with Gasteiger partial charge in [-0.2, -0.15) is 0 Å². The lowest BCUT2D eigenvalue weighted by atomic mass is 9.76. The van der Waals surface area contributed by atoms with Crippen LogP contribution in [0.3, 0.4) is 0 Å². The highest BCUT2D eigenvalue weighted by Gasteiger charge is 2.54. The molecule has 1 atom stereocenters. The molecule has 7 nitrogen and oxygen atoms in total. The molecule has 1 heterocycles. The number of urea groups is 1. The molecule has 0 saturated carbocycles. The van der Waals surface area contributed by atoms with Crippen LogP contribution < -0.4 is 15.4 Å². The highest BCUT2D eigenvalue weighted by atomic mass is 35.5. The number of aryl methyl sites for hydroxylation is 1. The van der Waals surface area contributed by atoms with Crippen molar-refractivity contribution >= 4 is 35.1 Å². The predicted molar refractivity (Wildman–Crippen MR) is 128 cm³/mol. The molecule has 172 valence electrons. The summed E-state index contributed by atoms with van der Waals surface area (Å²) in [7, 11) is 0. The van der Waals surface area contributed by atoms with Gasteiger partial charge in [0.1, 0.15) is 23.6 Å². The first kappa shape index (κ1) is 22.0. The number of ether oxygens (including phenoxy) is 1. The van der Waals surface area contributed by atoms with Crippen molar-refractivity contribution in [2.45, 2.75) is 24.8 Å². The molecular formula is C26H22ClN3O4. The van der Waals surface area contributed by atoms with Gasteiger partial charge in [-0.15, -0.1) is 0 Å². The van der Waals surface area contributed by atoms with Crippen molar-refractivity contribution in [3.05, 3.63) is 88.9 Å². The first-order valence-corrected chi connectivity index (χ1v) is 11.4. The topological polar surface area (TPSA) is 87.7 Å². The summed E-state index contributed by atoms with van der Waals surface area (Å²) >= 11 is 6.11. The lowest BCUT2D eigenvalue weighted by Crippen LogP contribution is -2.47. The lowest BCUT2D eigenvalue weighted by molar-refractivity contribution is -0.134. The summed E-state index contributed by atoms with van der Waals surface area (Å²) < 4.78 is 5.75. The van der Waals surface area contributed by atoms with Gasteiger partial charge in [0.15, 0.2) is 0 Å². The zero-order valence-corrected chi connectivity index (χ0v) is 19.0. The van der Waals surface area contributed by atoms with E-state index in [4.69, 9.17) is 16.3 Å². The molecule has 1 spiro atoms. The molecule has 1 saturated heterocycles. The van der Waals surface area contributed by atoms with E-state index in [0.717, 1.165) is 28.9 Å². The highest BCUT2D eigenvalue weighted by molar-refractivity contribution is 6.32. The van der Waals surface area contributed by atoms with Crippen LogP contribution in [0.4, 0.5) is 10.5 Å². The Hall–Kier alpha value is -3.84. The summed E-state index contributed by atoms with van der Waals surface area (Å²) in [6, 6.07) is 21.0. The van der Waals surface area contributed by atoms with Crippen LogP contribution in [0.1, 0.15) is 24.0 Å². The van der Waals surface area contributed by atoms with Crippen LogP contribution in [-0.4, -0.2) is 29.3 Å². The Kier molecular flexibility index (Phi) is 5.71. The number of carbonyl (C=O) groups is 3. The predicted octanol–water partition coefficient (Wildman–Crippen LogP) is 4.85. The minimum Gasteiger partial charge on any atom is -0.456 e. The zero-order chi connectivity index (χ0) is 23.7. The smallest absolute Gasteiger partial charge is 0.325 e. The van der Waals surface area contributed by atoms with Crippen molar-refractivity contribution in [1.29, 1.82) is 0 Å². The largest absolute Gasteiger partial charge is 0.456 e. The standard InChI is InChI=1S/C26H22ClN3O4/c27-21-9-3-4-10-22(21)34-19-13-11-18(12-14-19)28-23(31)16-30-24(32)26(29-25(30)33)15-5-7-17-6-1-2-8-20(17)26/h1-4,6,8-14H,5,7,15-16H2,(H,28,31)(H,29,33). The zero-order valence-electron chi connectivity index (χ0n) is 18.2. The molecule has 34 heavy (non-hydrogen) atoms. The Balaban J connectivity index is 1.25. The van der Waals surface area contributed by atoms with Crippen LogP contribution in [0.2, 0.25) is 5.02 Å². The number of amides is 4. The van der Waals surface area contributed by atoms with E-state index in [-0.39, 0.29) is 12.5 Å². The Labute approximate surface area is 201 Å². The fourth-order valence-corrected chi connectivity index (χ4v) is 4.73. The van der Waals surface area contributed by atoms with Gasteiger partial charge in [0, 0.05) is 5.69 Å². The highest BCUT2D eigenvalue weighted by Crippen LogP contribution is 2.39. The van der Waals surface area contributed by atoms with Crippen molar-refractivity contribution in [2.24, 2.45) is 0 Å². The number of para-hydroxylation sites is 1. The number of halogens is 1. The van der Waals surface area contributed by atoms with Gasteiger partial charge in [0.05, 0.1) is 5.02 Å². The minimum atomic E-state index is -1.09. The van der Waals surface area contributed by atoms with Crippen molar-refractivity contribution in [1.82, 2.24) is 10.2 Å². The van der Waals surface area contributed by atoms with Gasteiger partial charge in [0.25, 0.3) is 5.91 Å². The molecule has 0 bridgehead atoms. The second-order valence-corrected chi connectivity index (χ2v) is 8.75. The molecule has 1 fully saturated rings. The fourth-order valence-electron chi connectivity index (χ4n) is 4.56. The molecule has 1 aliphatic heterocycles. The van der Waals surface area contributed by atoms with E-state index in [1.807, 2.05) is 36.4 Å². The maximum absolute atomic E-state index is 13.3. The van der Waals surface area contributed by atoms with Crippen LogP contribution >= 0.6 is 11.6 Å². The summed E-state index contributed by atoms with van der Waals surface area (Å²) in [5.74, 6) is 0.225. The average molecular weight is 476 g/mol. The molecule has 1 unspecified atom stereocenters. The number of benzene rings is 3. The quantitative estimate of drug-likeness (QED) is 0.516. The molecule has 5 rings (SSSR count). The summed E-state index contributed by atoms with van der Waals surface area (Å²) in [5, 5.41) is 6.08.